The third-order valence-corrected chi connectivity index (χ3v) is 5.85. The number of aromatic nitrogens is 3. The lowest BCUT2D eigenvalue weighted by atomic mass is 9.58. The van der Waals surface area contributed by atoms with Crippen molar-refractivity contribution in [1.29, 1.82) is 0 Å². The van der Waals surface area contributed by atoms with E-state index in [0.717, 1.165) is 18.4 Å². The van der Waals surface area contributed by atoms with Gasteiger partial charge in [-0.05, 0) is 25.0 Å². The van der Waals surface area contributed by atoms with Gasteiger partial charge in [0.05, 0.1) is 17.8 Å². The number of methoxy groups -OCH3 is 1. The molecule has 0 aromatic carbocycles. The molecule has 4 rings (SSSR count). The molecule has 1 spiro atoms. The van der Waals surface area contributed by atoms with Crippen LogP contribution in [0.15, 0.2) is 36.9 Å². The van der Waals surface area contributed by atoms with Crippen LogP contribution < -0.4 is 0 Å². The molecule has 136 valence electrons. The number of hydrogen-bond acceptors (Lipinski definition) is 6. The lowest BCUT2D eigenvalue weighted by Gasteiger charge is -2.56. The Balaban J connectivity index is 1.43. The van der Waals surface area contributed by atoms with Crippen molar-refractivity contribution in [2.24, 2.45) is 5.41 Å². The molecule has 0 bridgehead atoms. The highest BCUT2D eigenvalue weighted by Crippen LogP contribution is 2.50. The summed E-state index contributed by atoms with van der Waals surface area (Å²) in [5.74, 6) is 0.506. The van der Waals surface area contributed by atoms with Gasteiger partial charge in [0.2, 0.25) is 0 Å². The lowest BCUT2D eigenvalue weighted by Crippen LogP contribution is -2.62. The zero-order valence-corrected chi connectivity index (χ0v) is 14.7. The number of amides is 1. The Kier molecular flexibility index (Phi) is 4.42. The Morgan fingerprint density at radius 2 is 1.88 bits per heavy atom. The number of aliphatic hydroxyl groups excluding tert-OH is 1. The van der Waals surface area contributed by atoms with E-state index in [1.54, 1.807) is 31.9 Å². The summed E-state index contributed by atoms with van der Waals surface area (Å²) in [6.45, 7) is 1.23. The van der Waals surface area contributed by atoms with Crippen LogP contribution in [-0.2, 0) is 4.74 Å². The fourth-order valence-electron chi connectivity index (χ4n) is 4.11. The third-order valence-electron chi connectivity index (χ3n) is 5.85. The van der Waals surface area contributed by atoms with E-state index in [2.05, 4.69) is 15.0 Å². The fourth-order valence-corrected chi connectivity index (χ4v) is 4.11. The van der Waals surface area contributed by atoms with Gasteiger partial charge < -0.3 is 14.7 Å². The summed E-state index contributed by atoms with van der Waals surface area (Å²) in [6.07, 6.45) is 8.49. The number of pyridine rings is 1. The van der Waals surface area contributed by atoms with Crippen LogP contribution >= 0.6 is 0 Å². The van der Waals surface area contributed by atoms with Gasteiger partial charge in [0, 0.05) is 62.4 Å². The maximum Gasteiger partial charge on any atom is 0.256 e. The van der Waals surface area contributed by atoms with Gasteiger partial charge in [0.15, 0.2) is 5.82 Å². The molecule has 1 aliphatic heterocycles. The average Bonchev–Trinajstić information content (AvgIpc) is 2.72. The van der Waals surface area contributed by atoms with E-state index >= 15 is 0 Å². The van der Waals surface area contributed by atoms with Crippen molar-refractivity contribution in [2.75, 3.05) is 20.2 Å². The highest BCUT2D eigenvalue weighted by molar-refractivity contribution is 5.93. The van der Waals surface area contributed by atoms with E-state index in [-0.39, 0.29) is 23.5 Å². The minimum absolute atomic E-state index is 0.0658. The zero-order chi connectivity index (χ0) is 18.1. The lowest BCUT2D eigenvalue weighted by molar-refractivity contribution is -0.199. The molecular weight excluding hydrogens is 332 g/mol. The molecule has 7 heteroatoms. The monoisotopic (exact) mass is 354 g/mol. The predicted octanol–water partition coefficient (Wildman–Crippen LogP) is 1.54. The van der Waals surface area contributed by atoms with Crippen LogP contribution in [-0.4, -0.2) is 63.3 Å². The van der Waals surface area contributed by atoms with Crippen LogP contribution in [0.3, 0.4) is 0 Å². The van der Waals surface area contributed by atoms with Crippen LogP contribution in [0.5, 0.6) is 0 Å². The Morgan fingerprint density at radius 3 is 2.46 bits per heavy atom. The molecule has 1 N–H and O–H groups in total. The van der Waals surface area contributed by atoms with Gasteiger partial charge in [-0.15, -0.1) is 0 Å². The summed E-state index contributed by atoms with van der Waals surface area (Å²) in [5.41, 5.74) is 1.16. The van der Waals surface area contributed by atoms with Crippen LogP contribution in [0.2, 0.25) is 0 Å². The Hall–Kier alpha value is -2.38. The number of carbonyl (C=O) groups is 1. The molecule has 7 nitrogen and oxygen atoms in total. The Bertz CT molecular complexity index is 773. The van der Waals surface area contributed by atoms with E-state index in [1.165, 1.54) is 0 Å². The molecule has 2 aromatic rings. The predicted molar refractivity (Wildman–Crippen MR) is 94.3 cm³/mol. The number of carbonyl (C=O) groups excluding carboxylic acids is 1. The van der Waals surface area contributed by atoms with Gasteiger partial charge in [-0.3, -0.25) is 9.78 Å². The van der Waals surface area contributed by atoms with E-state index in [9.17, 15) is 9.90 Å². The van der Waals surface area contributed by atoms with E-state index < -0.39 is 0 Å². The number of ether oxygens (including phenoxy) is 1. The largest absolute Gasteiger partial charge is 0.392 e. The maximum atomic E-state index is 12.7. The van der Waals surface area contributed by atoms with Crippen molar-refractivity contribution in [3.8, 4) is 11.4 Å². The molecule has 2 fully saturated rings. The number of rotatable bonds is 3. The van der Waals surface area contributed by atoms with Crippen molar-refractivity contribution in [2.45, 2.75) is 31.5 Å². The number of likely N-dealkylation sites (tertiary alicyclic amines) is 1. The summed E-state index contributed by atoms with van der Waals surface area (Å²) in [7, 11) is 1.69. The minimum Gasteiger partial charge on any atom is -0.392 e. The first kappa shape index (κ1) is 17.1. The molecule has 3 heterocycles. The molecule has 1 saturated carbocycles. The SMILES string of the molecule is CO[C@@H]1C[C@H](O)C12CCN(C(=O)c1cnc(-c3ccncc3)nc1)CC2. The van der Waals surface area contributed by atoms with Crippen molar-refractivity contribution in [1.82, 2.24) is 19.9 Å². The normalized spacial score (nSPS) is 24.3. The smallest absolute Gasteiger partial charge is 0.256 e. The number of hydrogen-bond donors (Lipinski definition) is 1. The zero-order valence-electron chi connectivity index (χ0n) is 14.7. The summed E-state index contributed by atoms with van der Waals surface area (Å²) < 4.78 is 5.50. The molecule has 2 aliphatic rings. The van der Waals surface area contributed by atoms with Crippen LogP contribution in [0.4, 0.5) is 0 Å². The van der Waals surface area contributed by atoms with E-state index in [4.69, 9.17) is 4.74 Å². The first-order valence-corrected chi connectivity index (χ1v) is 8.86. The number of aliphatic hydroxyl groups is 1. The highest BCUT2D eigenvalue weighted by atomic mass is 16.5. The Morgan fingerprint density at radius 1 is 1.23 bits per heavy atom. The van der Waals surface area contributed by atoms with Gasteiger partial charge in [-0.1, -0.05) is 0 Å². The second-order valence-electron chi connectivity index (χ2n) is 7.03. The van der Waals surface area contributed by atoms with E-state index in [0.29, 0.717) is 30.9 Å². The van der Waals surface area contributed by atoms with E-state index in [1.807, 2.05) is 17.0 Å². The summed E-state index contributed by atoms with van der Waals surface area (Å²) in [4.78, 5) is 27.2. The van der Waals surface area contributed by atoms with Gasteiger partial charge in [-0.2, -0.15) is 0 Å². The summed E-state index contributed by atoms with van der Waals surface area (Å²) in [5, 5.41) is 10.2. The van der Waals surface area contributed by atoms with Crippen molar-refractivity contribution >= 4 is 5.91 Å². The molecular formula is C19H22N4O3. The molecule has 0 unspecified atom stereocenters. The first-order chi connectivity index (χ1) is 12.6. The van der Waals surface area contributed by atoms with Crippen LogP contribution in [0.1, 0.15) is 29.6 Å². The third kappa shape index (κ3) is 2.77. The standard InChI is InChI=1S/C19H22N4O3/c1-26-16-10-15(24)19(16)4-8-23(9-5-19)18(25)14-11-21-17(22-12-14)13-2-6-20-7-3-13/h2-3,6-7,11-12,15-16,24H,4-5,8-10H2,1H3/t15-,16+/m0/s1. The molecule has 1 amide bonds. The molecule has 2 atom stereocenters. The van der Waals surface area contributed by atoms with Gasteiger partial charge in [0.25, 0.3) is 5.91 Å². The van der Waals surface area contributed by atoms with Gasteiger partial charge in [-0.25, -0.2) is 9.97 Å². The van der Waals surface area contributed by atoms with Crippen LogP contribution in [0.25, 0.3) is 11.4 Å². The summed E-state index contributed by atoms with van der Waals surface area (Å²) in [6, 6.07) is 3.66. The topological polar surface area (TPSA) is 88.4 Å². The minimum atomic E-state index is -0.326. The Labute approximate surface area is 152 Å². The molecule has 26 heavy (non-hydrogen) atoms. The van der Waals surface area contributed by atoms with Gasteiger partial charge in [0.1, 0.15) is 0 Å². The molecule has 1 saturated heterocycles. The molecule has 1 aliphatic carbocycles. The number of piperidine rings is 1. The first-order valence-electron chi connectivity index (χ1n) is 8.86. The van der Waals surface area contributed by atoms with Crippen LogP contribution in [0, 0.1) is 5.41 Å². The fraction of sp³-hybridized carbons (Fsp3) is 0.474. The van der Waals surface area contributed by atoms with Gasteiger partial charge >= 0.3 is 0 Å². The molecule has 2 aromatic heterocycles. The van der Waals surface area contributed by atoms with Crippen molar-refractivity contribution in [3.63, 3.8) is 0 Å². The second kappa shape index (κ2) is 6.74. The summed E-state index contributed by atoms with van der Waals surface area (Å²) >= 11 is 0. The highest BCUT2D eigenvalue weighted by Gasteiger charge is 2.56. The number of nitrogens with zero attached hydrogens (tertiary/aromatic N) is 4. The van der Waals surface area contributed by atoms with Crippen molar-refractivity contribution in [3.05, 3.63) is 42.5 Å². The molecule has 0 radical (unpaired) electrons. The van der Waals surface area contributed by atoms with Crippen molar-refractivity contribution < 1.29 is 14.6 Å². The maximum absolute atomic E-state index is 12.7. The second-order valence-corrected chi connectivity index (χ2v) is 7.03. The quantitative estimate of drug-likeness (QED) is 0.899. The average molecular weight is 354 g/mol.